The first-order valence-corrected chi connectivity index (χ1v) is 9.22. The average Bonchev–Trinajstić information content (AvgIpc) is 3.27. The summed E-state index contributed by atoms with van der Waals surface area (Å²) >= 11 is 0. The lowest BCUT2D eigenvalue weighted by Crippen LogP contribution is -2.16. The summed E-state index contributed by atoms with van der Waals surface area (Å²) in [7, 11) is 3.01. The van der Waals surface area contributed by atoms with Gasteiger partial charge in [-0.2, -0.15) is 23.4 Å². The van der Waals surface area contributed by atoms with Crippen LogP contribution in [0.4, 0.5) is 13.2 Å². The van der Waals surface area contributed by atoms with E-state index in [-0.39, 0.29) is 30.3 Å². The molecular weight excluding hydrogens is 415 g/mol. The van der Waals surface area contributed by atoms with E-state index in [4.69, 9.17) is 9.47 Å². The van der Waals surface area contributed by atoms with Gasteiger partial charge in [-0.15, -0.1) is 4.80 Å². The standard InChI is InChI=1S/C20H20F3N5O3/c1-12(30-2)18-14(10-24-11-17(18)31-3)8-15(29)6-13-7-16(20(21,22)23)19(25-9-13)28-26-4-5-27-28/h4-5,7,9-12H,6,8H2,1-3H3/t12-/m1/s1. The number of ether oxygens (including phenoxy) is 2. The van der Waals surface area contributed by atoms with Crippen LogP contribution in [0.15, 0.2) is 37.1 Å². The Labute approximate surface area is 176 Å². The van der Waals surface area contributed by atoms with Crippen molar-refractivity contribution in [2.24, 2.45) is 0 Å². The Morgan fingerprint density at radius 3 is 2.45 bits per heavy atom. The monoisotopic (exact) mass is 435 g/mol. The number of rotatable bonds is 8. The van der Waals surface area contributed by atoms with Crippen molar-refractivity contribution in [3.8, 4) is 11.6 Å². The van der Waals surface area contributed by atoms with Gasteiger partial charge in [-0.3, -0.25) is 9.78 Å². The Hall–Kier alpha value is -3.34. The molecule has 0 spiro atoms. The molecule has 164 valence electrons. The molecule has 11 heteroatoms. The number of carbonyl (C=O) groups is 1. The molecule has 3 aromatic rings. The Morgan fingerprint density at radius 1 is 1.13 bits per heavy atom. The topological polar surface area (TPSA) is 92.0 Å². The van der Waals surface area contributed by atoms with Crippen LogP contribution in [0.3, 0.4) is 0 Å². The molecule has 3 rings (SSSR count). The van der Waals surface area contributed by atoms with E-state index < -0.39 is 17.6 Å². The van der Waals surface area contributed by atoms with Crippen LogP contribution in [0.25, 0.3) is 5.82 Å². The Balaban J connectivity index is 1.87. The minimum absolute atomic E-state index is 0.0446. The molecule has 0 saturated carbocycles. The molecule has 0 saturated heterocycles. The van der Waals surface area contributed by atoms with Crippen molar-refractivity contribution >= 4 is 5.78 Å². The summed E-state index contributed by atoms with van der Waals surface area (Å²) < 4.78 is 51.3. The average molecular weight is 435 g/mol. The quantitative estimate of drug-likeness (QED) is 0.537. The third-order valence-corrected chi connectivity index (χ3v) is 4.64. The van der Waals surface area contributed by atoms with E-state index in [1.165, 1.54) is 45.2 Å². The van der Waals surface area contributed by atoms with Gasteiger partial charge in [0.05, 0.1) is 31.8 Å². The third kappa shape index (κ3) is 5.05. The van der Waals surface area contributed by atoms with Crippen LogP contribution in [0, 0.1) is 0 Å². The number of hydrogen-bond donors (Lipinski definition) is 0. The Morgan fingerprint density at radius 2 is 1.84 bits per heavy atom. The molecule has 0 N–H and O–H groups in total. The lowest BCUT2D eigenvalue weighted by atomic mass is 9.97. The van der Waals surface area contributed by atoms with Crippen molar-refractivity contribution < 1.29 is 27.4 Å². The molecule has 3 aromatic heterocycles. The SMILES string of the molecule is COc1cncc(CC(=O)Cc2cnc(-n3nccn3)c(C(F)(F)F)c2)c1[C@@H](C)OC. The number of methoxy groups -OCH3 is 2. The summed E-state index contributed by atoms with van der Waals surface area (Å²) in [6.45, 7) is 1.80. The highest BCUT2D eigenvalue weighted by Gasteiger charge is 2.36. The van der Waals surface area contributed by atoms with E-state index in [1.807, 2.05) is 0 Å². The molecule has 1 atom stereocenters. The number of aromatic nitrogens is 5. The number of pyridine rings is 2. The molecule has 31 heavy (non-hydrogen) atoms. The largest absolute Gasteiger partial charge is 0.495 e. The molecule has 8 nitrogen and oxygen atoms in total. The predicted molar refractivity (Wildman–Crippen MR) is 103 cm³/mol. The van der Waals surface area contributed by atoms with Crippen molar-refractivity contribution in [1.82, 2.24) is 25.0 Å². The van der Waals surface area contributed by atoms with Crippen molar-refractivity contribution in [3.63, 3.8) is 0 Å². The fraction of sp³-hybridized carbons (Fsp3) is 0.350. The van der Waals surface area contributed by atoms with E-state index >= 15 is 0 Å². The second-order valence-corrected chi connectivity index (χ2v) is 6.72. The first-order valence-electron chi connectivity index (χ1n) is 9.22. The maximum Gasteiger partial charge on any atom is 0.420 e. The van der Waals surface area contributed by atoms with Gasteiger partial charge in [-0.1, -0.05) is 0 Å². The normalized spacial score (nSPS) is 12.6. The summed E-state index contributed by atoms with van der Waals surface area (Å²) in [6, 6.07) is 0.895. The van der Waals surface area contributed by atoms with Gasteiger partial charge in [0.2, 0.25) is 0 Å². The smallest absolute Gasteiger partial charge is 0.420 e. The van der Waals surface area contributed by atoms with E-state index in [2.05, 4.69) is 20.2 Å². The van der Waals surface area contributed by atoms with Crippen LogP contribution in [-0.4, -0.2) is 45.0 Å². The summed E-state index contributed by atoms with van der Waals surface area (Å²) in [4.78, 5) is 21.4. The zero-order valence-electron chi connectivity index (χ0n) is 17.1. The first kappa shape index (κ1) is 22.3. The minimum Gasteiger partial charge on any atom is -0.495 e. The summed E-state index contributed by atoms with van der Waals surface area (Å²) in [5, 5.41) is 7.41. The highest BCUT2D eigenvalue weighted by Crippen LogP contribution is 2.33. The zero-order valence-corrected chi connectivity index (χ0v) is 17.1. The number of alkyl halides is 3. The Kier molecular flexibility index (Phi) is 6.64. The van der Waals surface area contributed by atoms with Gasteiger partial charge in [-0.05, 0) is 24.1 Å². The van der Waals surface area contributed by atoms with Gasteiger partial charge >= 0.3 is 6.18 Å². The van der Waals surface area contributed by atoms with Crippen molar-refractivity contribution in [3.05, 3.63) is 59.3 Å². The molecule has 0 amide bonds. The van der Waals surface area contributed by atoms with Gasteiger partial charge < -0.3 is 9.47 Å². The lowest BCUT2D eigenvalue weighted by Gasteiger charge is -2.18. The van der Waals surface area contributed by atoms with E-state index in [0.29, 0.717) is 16.9 Å². The third-order valence-electron chi connectivity index (χ3n) is 4.64. The van der Waals surface area contributed by atoms with Crippen molar-refractivity contribution in [1.29, 1.82) is 0 Å². The minimum atomic E-state index is -4.69. The Bertz CT molecular complexity index is 1050. The molecule has 0 bridgehead atoms. The highest BCUT2D eigenvalue weighted by atomic mass is 19.4. The van der Waals surface area contributed by atoms with Crippen LogP contribution >= 0.6 is 0 Å². The fourth-order valence-corrected chi connectivity index (χ4v) is 3.17. The van der Waals surface area contributed by atoms with Gasteiger partial charge in [0, 0.05) is 37.9 Å². The maximum absolute atomic E-state index is 13.5. The van der Waals surface area contributed by atoms with E-state index in [9.17, 15) is 18.0 Å². The molecule has 0 aliphatic heterocycles. The number of Topliss-reactive ketones (excluding diaryl/α,β-unsaturated/α-hetero) is 1. The van der Waals surface area contributed by atoms with Crippen molar-refractivity contribution in [2.75, 3.05) is 14.2 Å². The first-order chi connectivity index (χ1) is 14.7. The number of hydrogen-bond acceptors (Lipinski definition) is 7. The molecule has 0 radical (unpaired) electrons. The number of carbonyl (C=O) groups excluding carboxylic acids is 1. The number of ketones is 1. The molecule has 0 fully saturated rings. The molecule has 0 aliphatic rings. The second-order valence-electron chi connectivity index (χ2n) is 6.72. The molecular formula is C20H20F3N5O3. The number of nitrogens with zero attached hydrogens (tertiary/aromatic N) is 5. The summed E-state index contributed by atoms with van der Waals surface area (Å²) in [5.41, 5.74) is 0.360. The summed E-state index contributed by atoms with van der Waals surface area (Å²) in [5.74, 6) is -0.293. The van der Waals surface area contributed by atoms with Crippen LogP contribution < -0.4 is 4.74 Å². The van der Waals surface area contributed by atoms with E-state index in [0.717, 1.165) is 10.9 Å². The molecule has 0 aromatic carbocycles. The van der Waals surface area contributed by atoms with Crippen LogP contribution in [0.5, 0.6) is 5.75 Å². The van der Waals surface area contributed by atoms with Gasteiger partial charge in [0.15, 0.2) is 5.82 Å². The van der Waals surface area contributed by atoms with Crippen LogP contribution in [0.2, 0.25) is 0 Å². The van der Waals surface area contributed by atoms with Gasteiger partial charge in [0.25, 0.3) is 0 Å². The van der Waals surface area contributed by atoms with Crippen LogP contribution in [-0.2, 0) is 28.5 Å². The number of halogens is 3. The zero-order chi connectivity index (χ0) is 22.6. The van der Waals surface area contributed by atoms with Crippen molar-refractivity contribution in [2.45, 2.75) is 32.0 Å². The fourth-order valence-electron chi connectivity index (χ4n) is 3.17. The molecule has 3 heterocycles. The second kappa shape index (κ2) is 9.21. The van der Waals surface area contributed by atoms with Gasteiger partial charge in [-0.25, -0.2) is 4.98 Å². The van der Waals surface area contributed by atoms with Gasteiger partial charge in [0.1, 0.15) is 17.1 Å². The summed E-state index contributed by atoms with van der Waals surface area (Å²) in [6.07, 6.45) is 1.43. The lowest BCUT2D eigenvalue weighted by molar-refractivity contribution is -0.138. The maximum atomic E-state index is 13.5. The highest BCUT2D eigenvalue weighted by molar-refractivity contribution is 5.83. The van der Waals surface area contributed by atoms with Crippen LogP contribution in [0.1, 0.15) is 35.3 Å². The predicted octanol–water partition coefficient (Wildman–Crippen LogP) is 3.15. The molecule has 0 unspecified atom stereocenters. The van der Waals surface area contributed by atoms with E-state index in [1.54, 1.807) is 6.92 Å². The molecule has 0 aliphatic carbocycles.